The smallest absolute Gasteiger partial charge is 0.350 e. The lowest BCUT2D eigenvalue weighted by Gasteiger charge is -2.03. The fraction of sp³-hybridized carbons (Fsp3) is 0.133. The molecule has 0 amide bonds. The van der Waals surface area contributed by atoms with E-state index in [1.807, 2.05) is 12.1 Å². The van der Waals surface area contributed by atoms with Crippen LogP contribution in [-0.2, 0) is 11.3 Å². The van der Waals surface area contributed by atoms with Crippen LogP contribution >= 0.6 is 22.9 Å². The highest BCUT2D eigenvalue weighted by Gasteiger charge is 2.18. The average Bonchev–Trinajstić information content (AvgIpc) is 2.94. The fourth-order valence-corrected chi connectivity index (χ4v) is 3.11. The monoisotopic (exact) mass is 376 g/mol. The molecule has 3 aromatic rings. The minimum Gasteiger partial charge on any atom is -0.453 e. The SMILES string of the molecule is Cc1nc(-c2ccc(Cl)cc2)sc1C(=O)OCc1nc(N)nc(N)n1. The first-order chi connectivity index (χ1) is 11.9. The van der Waals surface area contributed by atoms with Gasteiger partial charge in [-0.1, -0.05) is 23.7 Å². The molecule has 0 bridgehead atoms. The zero-order valence-electron chi connectivity index (χ0n) is 13.1. The first kappa shape index (κ1) is 17.1. The van der Waals surface area contributed by atoms with Crippen LogP contribution in [0.15, 0.2) is 24.3 Å². The van der Waals surface area contributed by atoms with Crippen molar-refractivity contribution in [3.8, 4) is 10.6 Å². The van der Waals surface area contributed by atoms with E-state index < -0.39 is 5.97 Å². The summed E-state index contributed by atoms with van der Waals surface area (Å²) in [5.41, 5.74) is 12.4. The second kappa shape index (κ2) is 6.99. The number of esters is 1. The van der Waals surface area contributed by atoms with Gasteiger partial charge in [-0.15, -0.1) is 11.3 Å². The number of carbonyl (C=O) groups is 1. The Kier molecular flexibility index (Phi) is 4.77. The number of aromatic nitrogens is 4. The van der Waals surface area contributed by atoms with Gasteiger partial charge in [-0.2, -0.15) is 15.0 Å². The Bertz CT molecular complexity index is 908. The molecule has 128 valence electrons. The number of nitrogens with two attached hydrogens (primary N) is 2. The number of ether oxygens (including phenoxy) is 1. The molecule has 0 radical (unpaired) electrons. The Balaban J connectivity index is 1.75. The lowest BCUT2D eigenvalue weighted by molar-refractivity contribution is 0.0467. The van der Waals surface area contributed by atoms with Gasteiger partial charge >= 0.3 is 5.97 Å². The van der Waals surface area contributed by atoms with Crippen LogP contribution in [0.3, 0.4) is 0 Å². The molecule has 0 saturated heterocycles. The summed E-state index contributed by atoms with van der Waals surface area (Å²) in [5, 5.41) is 1.34. The first-order valence-corrected chi connectivity index (χ1v) is 8.28. The third kappa shape index (κ3) is 4.01. The molecular weight excluding hydrogens is 364 g/mol. The second-order valence-corrected chi connectivity index (χ2v) is 6.42. The van der Waals surface area contributed by atoms with E-state index in [-0.39, 0.29) is 24.3 Å². The lowest BCUT2D eigenvalue weighted by Crippen LogP contribution is -2.11. The van der Waals surface area contributed by atoms with E-state index >= 15 is 0 Å². The van der Waals surface area contributed by atoms with Gasteiger partial charge in [0.05, 0.1) is 5.69 Å². The molecule has 0 atom stereocenters. The highest BCUT2D eigenvalue weighted by atomic mass is 35.5. The number of aryl methyl sites for hydroxylation is 1. The summed E-state index contributed by atoms with van der Waals surface area (Å²) < 4.78 is 5.22. The van der Waals surface area contributed by atoms with Crippen LogP contribution < -0.4 is 11.5 Å². The summed E-state index contributed by atoms with van der Waals surface area (Å²) >= 11 is 7.12. The molecule has 0 aliphatic heterocycles. The number of nitrogens with zero attached hydrogens (tertiary/aromatic N) is 4. The van der Waals surface area contributed by atoms with Crippen molar-refractivity contribution in [3.63, 3.8) is 0 Å². The standard InChI is InChI=1S/C15H13ClN6O2S/c1-7-11(25-12(19-7)8-2-4-9(16)5-3-8)13(23)24-6-10-20-14(17)22-15(18)21-10/h2-5H,6H2,1H3,(H4,17,18,20,21,22). The van der Waals surface area contributed by atoms with E-state index in [4.69, 9.17) is 27.8 Å². The van der Waals surface area contributed by atoms with Gasteiger partial charge in [0.1, 0.15) is 9.88 Å². The second-order valence-electron chi connectivity index (χ2n) is 4.98. The topological polar surface area (TPSA) is 130 Å². The van der Waals surface area contributed by atoms with E-state index in [0.717, 1.165) is 5.56 Å². The largest absolute Gasteiger partial charge is 0.453 e. The fourth-order valence-electron chi connectivity index (χ4n) is 2.02. The van der Waals surface area contributed by atoms with Crippen LogP contribution in [0.25, 0.3) is 10.6 Å². The molecule has 2 heterocycles. The normalized spacial score (nSPS) is 10.6. The van der Waals surface area contributed by atoms with Gasteiger partial charge in [0.15, 0.2) is 12.4 Å². The quantitative estimate of drug-likeness (QED) is 0.664. The van der Waals surface area contributed by atoms with E-state index in [9.17, 15) is 4.79 Å². The van der Waals surface area contributed by atoms with E-state index in [2.05, 4.69) is 19.9 Å². The molecule has 0 fully saturated rings. The van der Waals surface area contributed by atoms with Crippen molar-refractivity contribution < 1.29 is 9.53 Å². The summed E-state index contributed by atoms with van der Waals surface area (Å²) in [5.74, 6) is -0.402. The predicted molar refractivity (Wildman–Crippen MR) is 95.1 cm³/mol. The molecular formula is C15H13ClN6O2S. The van der Waals surface area contributed by atoms with Gasteiger partial charge in [-0.3, -0.25) is 0 Å². The maximum atomic E-state index is 12.3. The van der Waals surface area contributed by atoms with E-state index in [1.54, 1.807) is 19.1 Å². The van der Waals surface area contributed by atoms with Crippen molar-refractivity contribution in [2.75, 3.05) is 11.5 Å². The molecule has 10 heteroatoms. The summed E-state index contributed by atoms with van der Waals surface area (Å²) in [6.07, 6.45) is 0. The van der Waals surface area contributed by atoms with Gasteiger partial charge in [-0.25, -0.2) is 9.78 Å². The van der Waals surface area contributed by atoms with Gasteiger partial charge in [0.2, 0.25) is 11.9 Å². The zero-order chi connectivity index (χ0) is 18.0. The highest BCUT2D eigenvalue weighted by molar-refractivity contribution is 7.17. The van der Waals surface area contributed by atoms with E-state index in [0.29, 0.717) is 20.6 Å². The maximum absolute atomic E-state index is 12.3. The molecule has 0 aliphatic carbocycles. The van der Waals surface area contributed by atoms with Crippen molar-refractivity contribution in [3.05, 3.63) is 45.7 Å². The van der Waals surface area contributed by atoms with E-state index in [1.165, 1.54) is 11.3 Å². The Labute approximate surface area is 151 Å². The third-order valence-corrected chi connectivity index (χ3v) is 4.56. The van der Waals surface area contributed by atoms with Crippen LogP contribution in [0.5, 0.6) is 0 Å². The minimum absolute atomic E-state index is 0.0301. The zero-order valence-corrected chi connectivity index (χ0v) is 14.6. The molecule has 2 aromatic heterocycles. The molecule has 1 aromatic carbocycles. The maximum Gasteiger partial charge on any atom is 0.350 e. The van der Waals surface area contributed by atoms with Crippen molar-refractivity contribution in [2.45, 2.75) is 13.5 Å². The summed E-state index contributed by atoms with van der Waals surface area (Å²) in [6, 6.07) is 7.21. The van der Waals surface area contributed by atoms with Crippen LogP contribution in [0.1, 0.15) is 21.2 Å². The summed E-state index contributed by atoms with van der Waals surface area (Å²) in [4.78, 5) is 28.5. The number of rotatable bonds is 4. The third-order valence-electron chi connectivity index (χ3n) is 3.12. The van der Waals surface area contributed by atoms with Crippen LogP contribution in [0.4, 0.5) is 11.9 Å². The Morgan fingerprint density at radius 2 is 1.76 bits per heavy atom. The number of hydrogen-bond acceptors (Lipinski definition) is 9. The lowest BCUT2D eigenvalue weighted by atomic mass is 10.2. The minimum atomic E-state index is -0.521. The molecule has 25 heavy (non-hydrogen) atoms. The number of benzene rings is 1. The molecule has 3 rings (SSSR count). The first-order valence-electron chi connectivity index (χ1n) is 7.09. The molecule has 0 spiro atoms. The Morgan fingerprint density at radius 1 is 1.12 bits per heavy atom. The Hall–Kier alpha value is -2.78. The number of carbonyl (C=O) groups excluding carboxylic acids is 1. The van der Waals surface area contributed by atoms with Crippen molar-refractivity contribution in [1.29, 1.82) is 0 Å². The number of thiazole rings is 1. The van der Waals surface area contributed by atoms with Crippen LogP contribution in [0, 0.1) is 6.92 Å². The van der Waals surface area contributed by atoms with Gasteiger partial charge < -0.3 is 16.2 Å². The molecule has 0 saturated carbocycles. The molecule has 4 N–H and O–H groups in total. The highest BCUT2D eigenvalue weighted by Crippen LogP contribution is 2.29. The predicted octanol–water partition coefficient (Wildman–Crippen LogP) is 2.48. The molecule has 0 unspecified atom stereocenters. The van der Waals surface area contributed by atoms with Gasteiger partial charge in [-0.05, 0) is 19.1 Å². The number of halogens is 1. The van der Waals surface area contributed by atoms with Gasteiger partial charge in [0.25, 0.3) is 0 Å². The number of anilines is 2. The van der Waals surface area contributed by atoms with Crippen molar-refractivity contribution in [1.82, 2.24) is 19.9 Å². The van der Waals surface area contributed by atoms with Gasteiger partial charge in [0, 0.05) is 10.6 Å². The van der Waals surface area contributed by atoms with Crippen molar-refractivity contribution >= 4 is 40.8 Å². The summed E-state index contributed by atoms with van der Waals surface area (Å²) in [6.45, 7) is 1.58. The summed E-state index contributed by atoms with van der Waals surface area (Å²) in [7, 11) is 0. The van der Waals surface area contributed by atoms with Crippen LogP contribution in [0.2, 0.25) is 5.02 Å². The molecule has 8 nitrogen and oxygen atoms in total. The number of nitrogen functional groups attached to an aromatic ring is 2. The van der Waals surface area contributed by atoms with Crippen molar-refractivity contribution in [2.24, 2.45) is 0 Å². The molecule has 0 aliphatic rings. The Morgan fingerprint density at radius 3 is 2.40 bits per heavy atom. The number of hydrogen-bond donors (Lipinski definition) is 2. The van der Waals surface area contributed by atoms with Crippen LogP contribution in [-0.4, -0.2) is 25.9 Å². The average molecular weight is 377 g/mol.